The van der Waals surface area contributed by atoms with Crippen molar-refractivity contribution in [1.29, 1.82) is 0 Å². The Morgan fingerprint density at radius 3 is 2.02 bits per heavy atom. The summed E-state index contributed by atoms with van der Waals surface area (Å²) in [5.41, 5.74) is 9.79. The van der Waals surface area contributed by atoms with Crippen LogP contribution in [0.4, 0.5) is 0 Å². The number of primary amides is 1. The smallest absolute Gasteiger partial charge is 0.244 e. The predicted molar refractivity (Wildman–Crippen MR) is 152 cm³/mol. The van der Waals surface area contributed by atoms with Crippen LogP contribution in [0.1, 0.15) is 52.5 Å². The van der Waals surface area contributed by atoms with E-state index in [9.17, 15) is 19.2 Å². The minimum atomic E-state index is -1.03. The van der Waals surface area contributed by atoms with Crippen LogP contribution < -0.4 is 26.6 Å². The third kappa shape index (κ3) is 10.3. The van der Waals surface area contributed by atoms with Crippen LogP contribution >= 0.6 is 0 Å². The summed E-state index contributed by atoms with van der Waals surface area (Å²) in [6.45, 7) is 7.64. The van der Waals surface area contributed by atoms with Gasteiger partial charge in [-0.05, 0) is 53.5 Å². The second kappa shape index (κ2) is 15.6. The van der Waals surface area contributed by atoms with Gasteiger partial charge < -0.3 is 21.1 Å². The fraction of sp³-hybridized carbons (Fsp3) is 0.467. The van der Waals surface area contributed by atoms with E-state index in [4.69, 9.17) is 15.7 Å². The molecule has 2 aromatic carbocycles. The average molecular weight is 555 g/mol. The number of rotatable bonds is 15. The van der Waals surface area contributed by atoms with Gasteiger partial charge in [0.05, 0.1) is 7.11 Å². The molecule has 4 amide bonds. The third-order valence-electron chi connectivity index (χ3n) is 6.48. The number of ether oxygens (including phenoxy) is 1. The molecule has 0 spiro atoms. The number of carbonyl (C=O) groups excluding carboxylic acids is 4. The number of benzene rings is 2. The Balaban J connectivity index is 2.32. The number of nitrogens with one attached hydrogen (secondary N) is 3. The van der Waals surface area contributed by atoms with Gasteiger partial charge in [-0.3, -0.25) is 24.4 Å². The quantitative estimate of drug-likeness (QED) is 0.168. The Morgan fingerprint density at radius 1 is 0.850 bits per heavy atom. The highest BCUT2D eigenvalue weighted by molar-refractivity contribution is 5.93. The lowest BCUT2D eigenvalue weighted by Gasteiger charge is -2.25. The van der Waals surface area contributed by atoms with Crippen LogP contribution in [-0.2, 0) is 25.6 Å². The van der Waals surface area contributed by atoms with Gasteiger partial charge in [-0.15, -0.1) is 0 Å². The number of methoxy groups -OCH3 is 1. The lowest BCUT2D eigenvalue weighted by molar-refractivity contribution is -0.137. The summed E-state index contributed by atoms with van der Waals surface area (Å²) in [6, 6.07) is 13.3. The van der Waals surface area contributed by atoms with Crippen LogP contribution in [0.15, 0.2) is 48.5 Å². The molecule has 0 aromatic heterocycles. The largest absolute Gasteiger partial charge is 0.497 e. The van der Waals surface area contributed by atoms with Gasteiger partial charge in [0.25, 0.3) is 0 Å². The lowest BCUT2D eigenvalue weighted by atomic mass is 9.92. The normalized spacial score (nSPS) is 13.3. The van der Waals surface area contributed by atoms with Crippen LogP contribution in [0.2, 0.25) is 0 Å². The van der Waals surface area contributed by atoms with E-state index in [0.717, 1.165) is 22.4 Å². The van der Waals surface area contributed by atoms with Crippen molar-refractivity contribution in [3.05, 3.63) is 54.1 Å². The van der Waals surface area contributed by atoms with E-state index in [0.29, 0.717) is 12.8 Å². The minimum Gasteiger partial charge on any atom is -0.497 e. The van der Waals surface area contributed by atoms with Crippen LogP contribution in [0.25, 0.3) is 11.1 Å². The standard InChI is InChI=1S/C30H42N4O6/c1-18(2)13-23(17-27(35)34-39)29(37)33-26(30(38)32-25(28(31)36)14-19(3)4)15-20-9-11-21(12-10-20)22-7-6-8-24(16-22)40-5/h6-12,16,18-19,23,25-26,39H,13-15,17H2,1-5H3,(H2,31,36)(H,32,38)(H,33,37)(H,34,35)/t23-,25+,26+/m1/s1. The summed E-state index contributed by atoms with van der Waals surface area (Å²) < 4.78 is 5.31. The molecule has 0 bridgehead atoms. The number of carbonyl (C=O) groups is 4. The fourth-order valence-corrected chi connectivity index (χ4v) is 4.48. The van der Waals surface area contributed by atoms with E-state index < -0.39 is 41.6 Å². The van der Waals surface area contributed by atoms with Gasteiger partial charge in [0.1, 0.15) is 17.8 Å². The zero-order chi connectivity index (χ0) is 29.8. The van der Waals surface area contributed by atoms with Crippen molar-refractivity contribution in [2.75, 3.05) is 7.11 Å². The molecule has 2 aromatic rings. The highest BCUT2D eigenvalue weighted by atomic mass is 16.5. The van der Waals surface area contributed by atoms with Gasteiger partial charge in [0, 0.05) is 18.8 Å². The Labute approximate surface area is 236 Å². The third-order valence-corrected chi connectivity index (χ3v) is 6.48. The molecule has 218 valence electrons. The molecule has 6 N–H and O–H groups in total. The first-order chi connectivity index (χ1) is 18.9. The molecule has 0 radical (unpaired) electrons. The van der Waals surface area contributed by atoms with Crippen LogP contribution in [0.3, 0.4) is 0 Å². The molecular formula is C30H42N4O6. The highest BCUT2D eigenvalue weighted by Gasteiger charge is 2.30. The Morgan fingerprint density at radius 2 is 1.48 bits per heavy atom. The van der Waals surface area contributed by atoms with E-state index in [1.54, 1.807) is 12.6 Å². The Bertz CT molecular complexity index is 1150. The Hall–Kier alpha value is -3.92. The zero-order valence-electron chi connectivity index (χ0n) is 23.9. The van der Waals surface area contributed by atoms with Gasteiger partial charge >= 0.3 is 0 Å². The molecule has 2 rings (SSSR count). The van der Waals surface area contributed by atoms with Crippen molar-refractivity contribution in [3.63, 3.8) is 0 Å². The van der Waals surface area contributed by atoms with Gasteiger partial charge in [0.2, 0.25) is 23.6 Å². The number of amides is 4. The molecule has 0 aliphatic carbocycles. The summed E-state index contributed by atoms with van der Waals surface area (Å²) in [4.78, 5) is 50.5. The maximum Gasteiger partial charge on any atom is 0.244 e. The van der Waals surface area contributed by atoms with E-state index >= 15 is 0 Å². The van der Waals surface area contributed by atoms with Crippen molar-refractivity contribution in [1.82, 2.24) is 16.1 Å². The molecule has 10 nitrogen and oxygen atoms in total. The van der Waals surface area contributed by atoms with Crippen molar-refractivity contribution < 1.29 is 29.1 Å². The molecule has 0 aliphatic heterocycles. The highest BCUT2D eigenvalue weighted by Crippen LogP contribution is 2.24. The summed E-state index contributed by atoms with van der Waals surface area (Å²) >= 11 is 0. The first-order valence-electron chi connectivity index (χ1n) is 13.5. The van der Waals surface area contributed by atoms with E-state index in [2.05, 4.69) is 10.6 Å². The fourth-order valence-electron chi connectivity index (χ4n) is 4.48. The maximum absolute atomic E-state index is 13.4. The predicted octanol–water partition coefficient (Wildman–Crippen LogP) is 2.96. The molecular weight excluding hydrogens is 512 g/mol. The van der Waals surface area contributed by atoms with Crippen molar-refractivity contribution in [2.45, 2.75) is 65.5 Å². The SMILES string of the molecule is COc1cccc(-c2ccc(C[C@H](NC(=O)[C@@H](CC(=O)NO)CC(C)C)C(=O)N[C@@H](CC(C)C)C(N)=O)cc2)c1. The zero-order valence-corrected chi connectivity index (χ0v) is 23.9. The van der Waals surface area contributed by atoms with Gasteiger partial charge in [0.15, 0.2) is 0 Å². The molecule has 3 atom stereocenters. The van der Waals surface area contributed by atoms with E-state index in [1.165, 1.54) is 0 Å². The van der Waals surface area contributed by atoms with Crippen molar-refractivity contribution >= 4 is 23.6 Å². The van der Waals surface area contributed by atoms with E-state index in [-0.39, 0.29) is 24.7 Å². The first kappa shape index (κ1) is 32.3. The number of nitrogens with two attached hydrogens (primary N) is 1. The molecule has 0 heterocycles. The number of hydrogen-bond acceptors (Lipinski definition) is 6. The van der Waals surface area contributed by atoms with Crippen molar-refractivity contribution in [2.24, 2.45) is 23.5 Å². The summed E-state index contributed by atoms with van der Waals surface area (Å²) in [5.74, 6) is -2.24. The monoisotopic (exact) mass is 554 g/mol. The molecule has 0 saturated heterocycles. The average Bonchev–Trinajstić information content (AvgIpc) is 2.91. The van der Waals surface area contributed by atoms with Gasteiger partial charge in [-0.1, -0.05) is 64.1 Å². The Kier molecular flexibility index (Phi) is 12.6. The maximum atomic E-state index is 13.4. The lowest BCUT2D eigenvalue weighted by Crippen LogP contribution is -2.55. The molecule has 0 aliphatic rings. The summed E-state index contributed by atoms with van der Waals surface area (Å²) in [6.07, 6.45) is 0.634. The molecule has 0 fully saturated rings. The minimum absolute atomic E-state index is 0.0870. The first-order valence-corrected chi connectivity index (χ1v) is 13.5. The number of hydrogen-bond donors (Lipinski definition) is 5. The van der Waals surface area contributed by atoms with Crippen LogP contribution in [0.5, 0.6) is 5.75 Å². The van der Waals surface area contributed by atoms with Crippen LogP contribution in [-0.4, -0.2) is 48.0 Å². The number of hydroxylamine groups is 1. The summed E-state index contributed by atoms with van der Waals surface area (Å²) in [7, 11) is 1.60. The summed E-state index contributed by atoms with van der Waals surface area (Å²) in [5, 5.41) is 14.4. The molecule has 40 heavy (non-hydrogen) atoms. The topological polar surface area (TPSA) is 160 Å². The molecule has 10 heteroatoms. The second-order valence-electron chi connectivity index (χ2n) is 10.9. The molecule has 0 unspecified atom stereocenters. The van der Waals surface area contributed by atoms with Gasteiger partial charge in [-0.2, -0.15) is 0 Å². The van der Waals surface area contributed by atoms with E-state index in [1.807, 2.05) is 76.2 Å². The second-order valence-corrected chi connectivity index (χ2v) is 10.9. The molecule has 0 saturated carbocycles. The van der Waals surface area contributed by atoms with Crippen molar-refractivity contribution in [3.8, 4) is 16.9 Å². The van der Waals surface area contributed by atoms with Gasteiger partial charge in [-0.25, -0.2) is 5.48 Å². The van der Waals surface area contributed by atoms with Crippen LogP contribution in [0, 0.1) is 17.8 Å².